The van der Waals surface area contributed by atoms with E-state index in [1.165, 1.54) is 6.08 Å². The maximum absolute atomic E-state index is 11.5. The predicted molar refractivity (Wildman–Crippen MR) is 82.4 cm³/mol. The lowest BCUT2D eigenvalue weighted by atomic mass is 10.2. The van der Waals surface area contributed by atoms with E-state index in [4.69, 9.17) is 14.6 Å². The molecule has 1 aromatic rings. The number of benzene rings is 1. The summed E-state index contributed by atoms with van der Waals surface area (Å²) in [6.07, 6.45) is 4.15. The van der Waals surface area contributed by atoms with Crippen LogP contribution in [0.5, 0.6) is 11.5 Å². The summed E-state index contributed by atoms with van der Waals surface area (Å²) in [4.78, 5) is 11.5. The maximum atomic E-state index is 11.5. The normalized spacial score (nSPS) is 12.0. The number of amides is 1. The van der Waals surface area contributed by atoms with Crippen LogP contribution >= 0.6 is 0 Å². The van der Waals surface area contributed by atoms with Gasteiger partial charge in [-0.3, -0.25) is 4.79 Å². The Bertz CT molecular complexity index is 509. The van der Waals surface area contributed by atoms with Crippen molar-refractivity contribution in [2.24, 2.45) is 0 Å². The number of carbonyl (C=O) groups is 1. The minimum absolute atomic E-state index is 0.223. The Labute approximate surface area is 124 Å². The predicted octanol–water partition coefficient (Wildman–Crippen LogP) is 1.77. The molecule has 0 aliphatic rings. The van der Waals surface area contributed by atoms with Crippen molar-refractivity contribution in [3.63, 3.8) is 0 Å². The summed E-state index contributed by atoms with van der Waals surface area (Å²) in [6, 6.07) is 5.37. The standard InChI is InChI=1S/C16H21NO4/c1-4-9-21-14-7-5-13(10-15(14)20-3)6-8-16(19)17-11-12(2)18/h4-8,10,12,18H,1,9,11H2,2-3H3,(H,17,19)/b8-6+. The summed E-state index contributed by atoms with van der Waals surface area (Å²) >= 11 is 0. The second kappa shape index (κ2) is 8.81. The van der Waals surface area contributed by atoms with Crippen LogP contribution in [0.3, 0.4) is 0 Å². The van der Waals surface area contributed by atoms with Gasteiger partial charge in [-0.05, 0) is 30.7 Å². The monoisotopic (exact) mass is 291 g/mol. The van der Waals surface area contributed by atoms with Crippen LogP contribution in [-0.2, 0) is 4.79 Å². The summed E-state index contributed by atoms with van der Waals surface area (Å²) in [5, 5.41) is 11.7. The number of nitrogens with one attached hydrogen (secondary N) is 1. The van der Waals surface area contributed by atoms with Gasteiger partial charge >= 0.3 is 0 Å². The van der Waals surface area contributed by atoms with Crippen LogP contribution in [0.1, 0.15) is 12.5 Å². The molecule has 5 heteroatoms. The Morgan fingerprint density at radius 1 is 1.48 bits per heavy atom. The molecule has 0 aliphatic heterocycles. The zero-order valence-corrected chi connectivity index (χ0v) is 12.3. The number of hydrogen-bond acceptors (Lipinski definition) is 4. The molecular weight excluding hydrogens is 270 g/mol. The molecule has 1 atom stereocenters. The van der Waals surface area contributed by atoms with E-state index in [2.05, 4.69) is 11.9 Å². The molecule has 0 saturated heterocycles. The third kappa shape index (κ3) is 6.14. The smallest absolute Gasteiger partial charge is 0.244 e. The third-order valence-electron chi connectivity index (χ3n) is 2.54. The van der Waals surface area contributed by atoms with Gasteiger partial charge < -0.3 is 19.9 Å². The maximum Gasteiger partial charge on any atom is 0.244 e. The third-order valence-corrected chi connectivity index (χ3v) is 2.54. The van der Waals surface area contributed by atoms with Gasteiger partial charge in [0.05, 0.1) is 13.2 Å². The number of methoxy groups -OCH3 is 1. The van der Waals surface area contributed by atoms with Crippen LogP contribution < -0.4 is 14.8 Å². The Hall–Kier alpha value is -2.27. The van der Waals surface area contributed by atoms with Gasteiger partial charge in [-0.1, -0.05) is 18.7 Å². The number of hydrogen-bond donors (Lipinski definition) is 2. The number of aliphatic hydroxyl groups is 1. The minimum atomic E-state index is -0.566. The van der Waals surface area contributed by atoms with Crippen molar-refractivity contribution >= 4 is 12.0 Å². The summed E-state index contributed by atoms with van der Waals surface area (Å²) in [6.45, 7) is 5.82. The largest absolute Gasteiger partial charge is 0.493 e. The molecule has 114 valence electrons. The van der Waals surface area contributed by atoms with Gasteiger partial charge in [0.25, 0.3) is 0 Å². The fraction of sp³-hybridized carbons (Fsp3) is 0.312. The van der Waals surface area contributed by atoms with Crippen molar-refractivity contribution in [1.29, 1.82) is 0 Å². The zero-order chi connectivity index (χ0) is 15.7. The van der Waals surface area contributed by atoms with Gasteiger partial charge in [0.2, 0.25) is 5.91 Å². The molecule has 0 spiro atoms. The lowest BCUT2D eigenvalue weighted by Gasteiger charge is -2.09. The lowest BCUT2D eigenvalue weighted by Crippen LogP contribution is -2.28. The van der Waals surface area contributed by atoms with Crippen LogP contribution in [0.4, 0.5) is 0 Å². The fourth-order valence-electron chi connectivity index (χ4n) is 1.53. The molecule has 0 aromatic heterocycles. The zero-order valence-electron chi connectivity index (χ0n) is 12.3. The van der Waals surface area contributed by atoms with Crippen LogP contribution in [0, 0.1) is 0 Å². The molecule has 1 rings (SSSR count). The summed E-state index contributed by atoms with van der Waals surface area (Å²) in [5.41, 5.74) is 0.810. The van der Waals surface area contributed by atoms with Gasteiger partial charge in [-0.2, -0.15) is 0 Å². The average Bonchev–Trinajstić information content (AvgIpc) is 2.49. The van der Waals surface area contributed by atoms with Gasteiger partial charge in [0.15, 0.2) is 11.5 Å². The van der Waals surface area contributed by atoms with E-state index in [-0.39, 0.29) is 12.5 Å². The molecular formula is C16H21NO4. The Balaban J connectivity index is 2.71. The molecule has 0 fully saturated rings. The van der Waals surface area contributed by atoms with Gasteiger partial charge in [0, 0.05) is 12.6 Å². The molecule has 0 radical (unpaired) electrons. The SMILES string of the molecule is C=CCOc1ccc(/C=C/C(=O)NCC(C)O)cc1OC. The highest BCUT2D eigenvalue weighted by molar-refractivity contribution is 5.91. The molecule has 0 saturated carbocycles. The Kier molecular flexibility index (Phi) is 7.04. The molecule has 1 unspecified atom stereocenters. The average molecular weight is 291 g/mol. The fourth-order valence-corrected chi connectivity index (χ4v) is 1.53. The Morgan fingerprint density at radius 3 is 2.86 bits per heavy atom. The van der Waals surface area contributed by atoms with Crippen molar-refractivity contribution in [2.45, 2.75) is 13.0 Å². The minimum Gasteiger partial charge on any atom is -0.493 e. The van der Waals surface area contributed by atoms with Gasteiger partial charge in [-0.15, -0.1) is 0 Å². The first kappa shape index (κ1) is 16.8. The lowest BCUT2D eigenvalue weighted by molar-refractivity contribution is -0.116. The molecule has 0 bridgehead atoms. The second-order valence-corrected chi connectivity index (χ2v) is 4.44. The van der Waals surface area contributed by atoms with E-state index in [9.17, 15) is 4.79 Å². The molecule has 0 aliphatic carbocycles. The van der Waals surface area contributed by atoms with Crippen molar-refractivity contribution in [1.82, 2.24) is 5.32 Å². The van der Waals surface area contributed by atoms with E-state index in [1.54, 1.807) is 38.3 Å². The first-order valence-corrected chi connectivity index (χ1v) is 6.62. The summed E-state index contributed by atoms with van der Waals surface area (Å²) in [7, 11) is 1.55. The van der Waals surface area contributed by atoms with Crippen molar-refractivity contribution < 1.29 is 19.4 Å². The van der Waals surface area contributed by atoms with E-state index >= 15 is 0 Å². The highest BCUT2D eigenvalue weighted by Crippen LogP contribution is 2.28. The number of ether oxygens (including phenoxy) is 2. The first-order valence-electron chi connectivity index (χ1n) is 6.62. The van der Waals surface area contributed by atoms with Crippen molar-refractivity contribution in [2.75, 3.05) is 20.3 Å². The van der Waals surface area contributed by atoms with Crippen LogP contribution in [-0.4, -0.2) is 37.4 Å². The number of aliphatic hydroxyl groups excluding tert-OH is 1. The quantitative estimate of drug-likeness (QED) is 0.566. The summed E-state index contributed by atoms with van der Waals surface area (Å²) < 4.78 is 10.7. The van der Waals surface area contributed by atoms with E-state index < -0.39 is 6.10 Å². The topological polar surface area (TPSA) is 67.8 Å². The van der Waals surface area contributed by atoms with E-state index in [0.717, 1.165) is 5.56 Å². The molecule has 1 aromatic carbocycles. The number of carbonyl (C=O) groups excluding carboxylic acids is 1. The van der Waals surface area contributed by atoms with E-state index in [1.807, 2.05) is 6.07 Å². The highest BCUT2D eigenvalue weighted by Gasteiger charge is 2.04. The van der Waals surface area contributed by atoms with Crippen molar-refractivity contribution in [3.8, 4) is 11.5 Å². The number of rotatable bonds is 8. The molecule has 21 heavy (non-hydrogen) atoms. The van der Waals surface area contributed by atoms with Crippen molar-refractivity contribution in [3.05, 3.63) is 42.5 Å². The van der Waals surface area contributed by atoms with Crippen LogP contribution in [0.15, 0.2) is 36.9 Å². The first-order chi connectivity index (χ1) is 10.1. The molecule has 1 amide bonds. The molecule has 0 heterocycles. The second-order valence-electron chi connectivity index (χ2n) is 4.44. The Morgan fingerprint density at radius 2 is 2.24 bits per heavy atom. The molecule has 2 N–H and O–H groups in total. The highest BCUT2D eigenvalue weighted by atomic mass is 16.5. The van der Waals surface area contributed by atoms with Gasteiger partial charge in [-0.25, -0.2) is 0 Å². The van der Waals surface area contributed by atoms with Gasteiger partial charge in [0.1, 0.15) is 6.61 Å². The van der Waals surface area contributed by atoms with E-state index in [0.29, 0.717) is 18.1 Å². The van der Waals surface area contributed by atoms with Crippen LogP contribution in [0.2, 0.25) is 0 Å². The van der Waals surface area contributed by atoms with Crippen LogP contribution in [0.25, 0.3) is 6.08 Å². The summed E-state index contributed by atoms with van der Waals surface area (Å²) in [5.74, 6) is 0.943. The molecule has 5 nitrogen and oxygen atoms in total.